The van der Waals surface area contributed by atoms with Gasteiger partial charge in [0.05, 0.1) is 0 Å². The maximum absolute atomic E-state index is 9.04. The zero-order valence-electron chi connectivity index (χ0n) is 10.9. The smallest absolute Gasteiger partial charge is 0.0434 e. The lowest BCUT2D eigenvalue weighted by Crippen LogP contribution is -2.35. The summed E-state index contributed by atoms with van der Waals surface area (Å²) in [6.45, 7) is 6.91. The number of rotatable bonds is 3. The molecule has 17 heavy (non-hydrogen) atoms. The molecule has 2 rings (SSSR count). The summed E-state index contributed by atoms with van der Waals surface area (Å²) in [5.41, 5.74) is 4.07. The molecule has 1 atom stereocenters. The molecule has 0 radical (unpaired) electrons. The molecule has 0 bridgehead atoms. The van der Waals surface area contributed by atoms with Crippen LogP contribution in [0.5, 0.6) is 0 Å². The first kappa shape index (κ1) is 12.4. The summed E-state index contributed by atoms with van der Waals surface area (Å²) < 4.78 is 0. The molecule has 1 aromatic carbocycles. The molecule has 2 heteroatoms. The Morgan fingerprint density at radius 3 is 2.82 bits per heavy atom. The maximum Gasteiger partial charge on any atom is 0.0434 e. The van der Waals surface area contributed by atoms with Gasteiger partial charge in [0.2, 0.25) is 0 Å². The van der Waals surface area contributed by atoms with E-state index in [2.05, 4.69) is 36.9 Å². The summed E-state index contributed by atoms with van der Waals surface area (Å²) >= 11 is 0. The van der Waals surface area contributed by atoms with E-state index in [-0.39, 0.29) is 0 Å². The van der Waals surface area contributed by atoms with Gasteiger partial charge in [-0.25, -0.2) is 0 Å². The van der Waals surface area contributed by atoms with Crippen molar-refractivity contribution in [3.8, 4) is 0 Å². The number of aliphatic hydroxyl groups is 1. The SMILES string of the molecule is Cc1ccc(N2CCCC(CCO)C2)cc1C. The van der Waals surface area contributed by atoms with Gasteiger partial charge in [-0.1, -0.05) is 6.07 Å². The molecule has 0 saturated carbocycles. The average Bonchev–Trinajstić information content (AvgIpc) is 2.33. The summed E-state index contributed by atoms with van der Waals surface area (Å²) in [4.78, 5) is 2.47. The molecule has 1 heterocycles. The third-order valence-electron chi connectivity index (χ3n) is 3.91. The van der Waals surface area contributed by atoms with Crippen molar-refractivity contribution < 1.29 is 5.11 Å². The molecule has 0 amide bonds. The number of piperidine rings is 1. The van der Waals surface area contributed by atoms with E-state index >= 15 is 0 Å². The third-order valence-corrected chi connectivity index (χ3v) is 3.91. The van der Waals surface area contributed by atoms with E-state index in [0.29, 0.717) is 12.5 Å². The molecule has 0 spiro atoms. The number of hydrogen-bond donors (Lipinski definition) is 1. The molecular weight excluding hydrogens is 210 g/mol. The Labute approximate surface area is 104 Å². The van der Waals surface area contributed by atoms with Gasteiger partial charge < -0.3 is 10.0 Å². The summed E-state index contributed by atoms with van der Waals surface area (Å²) in [5.74, 6) is 0.662. The number of anilines is 1. The minimum atomic E-state index is 0.325. The van der Waals surface area contributed by atoms with Gasteiger partial charge in [-0.3, -0.25) is 0 Å². The molecule has 2 nitrogen and oxygen atoms in total. The summed E-state index contributed by atoms with van der Waals surface area (Å²) in [6, 6.07) is 6.72. The second kappa shape index (κ2) is 5.54. The van der Waals surface area contributed by atoms with Gasteiger partial charge >= 0.3 is 0 Å². The topological polar surface area (TPSA) is 23.5 Å². The van der Waals surface area contributed by atoms with Crippen LogP contribution in [0.15, 0.2) is 18.2 Å². The van der Waals surface area contributed by atoms with E-state index < -0.39 is 0 Å². The second-order valence-corrected chi connectivity index (χ2v) is 5.24. The van der Waals surface area contributed by atoms with Gasteiger partial charge in [0.25, 0.3) is 0 Å². The fraction of sp³-hybridized carbons (Fsp3) is 0.600. The van der Waals surface area contributed by atoms with E-state index in [9.17, 15) is 0 Å². The number of hydrogen-bond acceptors (Lipinski definition) is 2. The van der Waals surface area contributed by atoms with Crippen LogP contribution in [0.3, 0.4) is 0 Å². The van der Waals surface area contributed by atoms with Crippen LogP contribution < -0.4 is 4.90 Å². The normalized spacial score (nSPS) is 20.6. The van der Waals surface area contributed by atoms with E-state index in [4.69, 9.17) is 5.11 Å². The highest BCUT2D eigenvalue weighted by molar-refractivity contribution is 5.50. The lowest BCUT2D eigenvalue weighted by molar-refractivity contribution is 0.244. The summed E-state index contributed by atoms with van der Waals surface area (Å²) in [5, 5.41) is 9.04. The summed E-state index contributed by atoms with van der Waals surface area (Å²) in [6.07, 6.45) is 3.46. The van der Waals surface area contributed by atoms with Gasteiger partial charge in [0, 0.05) is 25.4 Å². The highest BCUT2D eigenvalue weighted by atomic mass is 16.3. The standard InChI is InChI=1S/C15H23NO/c1-12-5-6-15(10-13(12)2)16-8-3-4-14(11-16)7-9-17/h5-6,10,14,17H,3-4,7-9,11H2,1-2H3. The first-order valence-corrected chi connectivity index (χ1v) is 6.64. The predicted molar refractivity (Wildman–Crippen MR) is 72.6 cm³/mol. The lowest BCUT2D eigenvalue weighted by atomic mass is 9.94. The van der Waals surface area contributed by atoms with E-state index in [1.54, 1.807) is 0 Å². The van der Waals surface area contributed by atoms with Crippen molar-refractivity contribution in [1.82, 2.24) is 0 Å². The molecule has 1 N–H and O–H groups in total. The fourth-order valence-electron chi connectivity index (χ4n) is 2.64. The number of aliphatic hydroxyl groups excluding tert-OH is 1. The van der Waals surface area contributed by atoms with Crippen molar-refractivity contribution in [2.75, 3.05) is 24.6 Å². The second-order valence-electron chi connectivity index (χ2n) is 5.24. The molecule has 1 aliphatic rings. The van der Waals surface area contributed by atoms with Crippen molar-refractivity contribution in [2.45, 2.75) is 33.1 Å². The molecule has 1 saturated heterocycles. The molecule has 1 aliphatic heterocycles. The minimum absolute atomic E-state index is 0.325. The molecule has 0 aromatic heterocycles. The number of aryl methyl sites for hydroxylation is 2. The Hall–Kier alpha value is -1.02. The molecule has 94 valence electrons. The van der Waals surface area contributed by atoms with Gasteiger partial charge in [0.1, 0.15) is 0 Å². The van der Waals surface area contributed by atoms with Crippen LogP contribution in [0.4, 0.5) is 5.69 Å². The first-order chi connectivity index (χ1) is 8.20. The van der Waals surface area contributed by atoms with Gasteiger partial charge in [0.15, 0.2) is 0 Å². The largest absolute Gasteiger partial charge is 0.396 e. The van der Waals surface area contributed by atoms with Crippen LogP contribution >= 0.6 is 0 Å². The molecule has 0 aliphatic carbocycles. The van der Waals surface area contributed by atoms with Crippen molar-refractivity contribution in [2.24, 2.45) is 5.92 Å². The van der Waals surface area contributed by atoms with Crippen LogP contribution in [0.1, 0.15) is 30.4 Å². The number of nitrogens with zero attached hydrogens (tertiary/aromatic N) is 1. The van der Waals surface area contributed by atoms with Crippen molar-refractivity contribution in [3.63, 3.8) is 0 Å². The van der Waals surface area contributed by atoms with Crippen LogP contribution in [-0.4, -0.2) is 24.8 Å². The van der Waals surface area contributed by atoms with E-state index in [1.807, 2.05) is 0 Å². The monoisotopic (exact) mass is 233 g/mol. The molecular formula is C15H23NO. The molecule has 1 fully saturated rings. The highest BCUT2D eigenvalue weighted by Gasteiger charge is 2.19. The van der Waals surface area contributed by atoms with Gasteiger partial charge in [-0.15, -0.1) is 0 Å². The third kappa shape index (κ3) is 3.01. The molecule has 1 aromatic rings. The molecule has 1 unspecified atom stereocenters. The number of benzene rings is 1. The van der Waals surface area contributed by atoms with Gasteiger partial charge in [-0.2, -0.15) is 0 Å². The predicted octanol–water partition coefficient (Wildman–Crippen LogP) is 2.90. The average molecular weight is 233 g/mol. The Bertz CT molecular complexity index is 373. The highest BCUT2D eigenvalue weighted by Crippen LogP contribution is 2.26. The quantitative estimate of drug-likeness (QED) is 0.867. The zero-order valence-corrected chi connectivity index (χ0v) is 10.9. The minimum Gasteiger partial charge on any atom is -0.396 e. The van der Waals surface area contributed by atoms with Crippen LogP contribution in [0.2, 0.25) is 0 Å². The fourth-order valence-corrected chi connectivity index (χ4v) is 2.64. The Kier molecular flexibility index (Phi) is 4.06. The van der Waals surface area contributed by atoms with Gasteiger partial charge in [-0.05, 0) is 62.3 Å². The Balaban J connectivity index is 2.08. The van der Waals surface area contributed by atoms with Crippen LogP contribution in [-0.2, 0) is 0 Å². The van der Waals surface area contributed by atoms with Crippen LogP contribution in [0, 0.1) is 19.8 Å². The van der Waals surface area contributed by atoms with Crippen molar-refractivity contribution in [3.05, 3.63) is 29.3 Å². The van der Waals surface area contributed by atoms with Crippen molar-refractivity contribution >= 4 is 5.69 Å². The van der Waals surface area contributed by atoms with Crippen LogP contribution in [0.25, 0.3) is 0 Å². The lowest BCUT2D eigenvalue weighted by Gasteiger charge is -2.34. The van der Waals surface area contributed by atoms with E-state index in [1.165, 1.54) is 29.7 Å². The van der Waals surface area contributed by atoms with E-state index in [0.717, 1.165) is 19.5 Å². The maximum atomic E-state index is 9.04. The Morgan fingerprint density at radius 2 is 2.12 bits per heavy atom. The zero-order chi connectivity index (χ0) is 12.3. The van der Waals surface area contributed by atoms with Crippen molar-refractivity contribution in [1.29, 1.82) is 0 Å². The Morgan fingerprint density at radius 1 is 1.29 bits per heavy atom. The first-order valence-electron chi connectivity index (χ1n) is 6.64. The summed E-state index contributed by atoms with van der Waals surface area (Å²) in [7, 11) is 0.